The molecule has 0 fully saturated rings. The van der Waals surface area contributed by atoms with Gasteiger partial charge in [-0.2, -0.15) is 0 Å². The van der Waals surface area contributed by atoms with Crippen molar-refractivity contribution in [2.75, 3.05) is 18.8 Å². The van der Waals surface area contributed by atoms with E-state index in [0.717, 1.165) is 48.6 Å². The summed E-state index contributed by atoms with van der Waals surface area (Å²) in [6.45, 7) is 5.97. The van der Waals surface area contributed by atoms with E-state index >= 15 is 0 Å². The molecule has 0 radical (unpaired) electrons. The van der Waals surface area contributed by atoms with E-state index < -0.39 is 28.9 Å². The SMILES string of the molecule is CSc1ccc([N+](=O)[O-])c2c1c(CC(N)C(=O)O)c(C)n2C.CSc1cccc2c1c(CC(N)C(=O)O)c(C)n2C.CSc1cccc2c1cc(C)n2C. The van der Waals surface area contributed by atoms with Crippen LogP contribution in [0, 0.1) is 30.9 Å². The van der Waals surface area contributed by atoms with Crippen LogP contribution in [0.4, 0.5) is 5.69 Å². The minimum absolute atomic E-state index is 0.00791. The molecule has 0 spiro atoms. The van der Waals surface area contributed by atoms with Gasteiger partial charge in [0.05, 0.1) is 4.92 Å². The Balaban J connectivity index is 0.000000186. The number of aryl methyl sites for hydroxylation is 4. The number of hydrogen-bond acceptors (Lipinski definition) is 9. The number of nitrogens with zero attached hydrogens (tertiary/aromatic N) is 4. The number of carboxylic acids is 2. The molecule has 0 aliphatic rings. The molecule has 3 heterocycles. The van der Waals surface area contributed by atoms with Crippen molar-refractivity contribution in [1.29, 1.82) is 0 Å². The van der Waals surface area contributed by atoms with E-state index in [9.17, 15) is 19.7 Å². The molecule has 0 bridgehead atoms. The fourth-order valence-corrected chi connectivity index (χ4v) is 8.53. The number of carbonyl (C=O) groups is 2. The molecular weight excluding hydrogens is 745 g/mol. The Morgan fingerprint density at radius 3 is 1.72 bits per heavy atom. The standard InChI is InChI=1S/C14H17N3O4S.C14H18N2O2S.C11H13NS/c1-7-8(6-9(15)14(18)19)12-11(22-3)5-4-10(17(20)21)13(12)16(7)2;1-8-9(7-10(15)14(17)18)13-11(16(8)2)5-4-6-12(13)19-3;1-8-7-9-10(12(8)2)5-4-6-11(9)13-3/h4-5,9H,6,15H2,1-3H3,(H,18,19);4-6,10H,7,15H2,1-3H3,(H,17,18);4-7H,1-3H3. The van der Waals surface area contributed by atoms with Crippen molar-refractivity contribution < 1.29 is 24.7 Å². The largest absolute Gasteiger partial charge is 0.480 e. The number of aromatic nitrogens is 3. The molecule has 0 aliphatic heterocycles. The lowest BCUT2D eigenvalue weighted by Crippen LogP contribution is -2.32. The van der Waals surface area contributed by atoms with Crippen LogP contribution in [0.2, 0.25) is 0 Å². The first kappa shape index (κ1) is 42.3. The van der Waals surface area contributed by atoms with Gasteiger partial charge in [0.1, 0.15) is 17.6 Å². The molecule has 54 heavy (non-hydrogen) atoms. The van der Waals surface area contributed by atoms with Crippen LogP contribution in [0.15, 0.2) is 69.3 Å². The normalized spacial score (nSPS) is 12.3. The highest BCUT2D eigenvalue weighted by Gasteiger charge is 2.26. The van der Waals surface area contributed by atoms with Crippen LogP contribution in [-0.2, 0) is 43.6 Å². The molecule has 0 aliphatic carbocycles. The number of aliphatic carboxylic acids is 2. The average Bonchev–Trinajstić information content (AvgIpc) is 3.69. The van der Waals surface area contributed by atoms with Crippen LogP contribution in [0.25, 0.3) is 32.7 Å². The number of rotatable bonds is 10. The van der Waals surface area contributed by atoms with Gasteiger partial charge in [0, 0.05) is 99.0 Å². The molecule has 6 rings (SSSR count). The fraction of sp³-hybridized carbons (Fsp3) is 0.333. The smallest absolute Gasteiger partial charge is 0.320 e. The van der Waals surface area contributed by atoms with Crippen LogP contribution >= 0.6 is 35.3 Å². The van der Waals surface area contributed by atoms with Crippen LogP contribution in [0.5, 0.6) is 0 Å². The van der Waals surface area contributed by atoms with Crippen molar-refractivity contribution in [2.24, 2.45) is 32.6 Å². The third kappa shape index (κ3) is 8.45. The van der Waals surface area contributed by atoms with Gasteiger partial charge in [-0.15, -0.1) is 35.3 Å². The monoisotopic (exact) mass is 792 g/mol. The zero-order valence-electron chi connectivity index (χ0n) is 32.0. The molecule has 12 nitrogen and oxygen atoms in total. The average molecular weight is 793 g/mol. The lowest BCUT2D eigenvalue weighted by atomic mass is 10.0. The Morgan fingerprint density at radius 2 is 1.20 bits per heavy atom. The van der Waals surface area contributed by atoms with Crippen molar-refractivity contribution in [3.63, 3.8) is 0 Å². The highest BCUT2D eigenvalue weighted by Crippen LogP contribution is 2.39. The van der Waals surface area contributed by atoms with Crippen molar-refractivity contribution in [1.82, 2.24) is 13.7 Å². The number of benzene rings is 3. The lowest BCUT2D eigenvalue weighted by molar-refractivity contribution is -0.383. The molecule has 15 heteroatoms. The molecule has 0 saturated carbocycles. The van der Waals surface area contributed by atoms with Gasteiger partial charge >= 0.3 is 11.9 Å². The second kappa shape index (κ2) is 17.8. The van der Waals surface area contributed by atoms with Crippen LogP contribution < -0.4 is 11.5 Å². The van der Waals surface area contributed by atoms with Gasteiger partial charge in [0.25, 0.3) is 5.69 Å². The molecule has 2 unspecified atom stereocenters. The van der Waals surface area contributed by atoms with Gasteiger partial charge < -0.3 is 35.4 Å². The Kier molecular flexibility index (Phi) is 14.0. The van der Waals surface area contributed by atoms with Gasteiger partial charge in [-0.05, 0) is 87.1 Å². The number of non-ortho nitro benzene ring substituents is 1. The van der Waals surface area contributed by atoms with Crippen molar-refractivity contribution >= 4 is 85.6 Å². The summed E-state index contributed by atoms with van der Waals surface area (Å²) in [5.41, 5.74) is 19.3. The van der Waals surface area contributed by atoms with Crippen LogP contribution in [0.1, 0.15) is 28.2 Å². The first-order valence-corrected chi connectivity index (χ1v) is 20.6. The topological polar surface area (TPSA) is 185 Å². The van der Waals surface area contributed by atoms with Gasteiger partial charge in [-0.25, -0.2) is 0 Å². The lowest BCUT2D eigenvalue weighted by Gasteiger charge is -2.08. The molecule has 3 aromatic heterocycles. The Bertz CT molecular complexity index is 2360. The second-order valence-electron chi connectivity index (χ2n) is 12.9. The Morgan fingerprint density at radius 1 is 0.722 bits per heavy atom. The summed E-state index contributed by atoms with van der Waals surface area (Å²) in [5, 5.41) is 32.5. The number of nitro benzene ring substituents is 1. The third-order valence-electron chi connectivity index (χ3n) is 9.93. The van der Waals surface area contributed by atoms with E-state index in [2.05, 4.69) is 65.8 Å². The Hall–Kier alpha value is -4.41. The molecule has 0 saturated heterocycles. The zero-order valence-corrected chi connectivity index (χ0v) is 34.4. The number of fused-ring (bicyclic) bond motifs is 3. The summed E-state index contributed by atoms with van der Waals surface area (Å²) in [4.78, 5) is 36.3. The minimum Gasteiger partial charge on any atom is -0.480 e. The Labute approximate surface area is 327 Å². The van der Waals surface area contributed by atoms with Crippen LogP contribution in [-0.4, -0.2) is 71.6 Å². The van der Waals surface area contributed by atoms with E-state index in [0.29, 0.717) is 11.9 Å². The van der Waals surface area contributed by atoms with Gasteiger partial charge in [0.2, 0.25) is 0 Å². The minimum atomic E-state index is -1.09. The summed E-state index contributed by atoms with van der Waals surface area (Å²) < 4.78 is 6.06. The number of hydrogen-bond donors (Lipinski definition) is 4. The highest BCUT2D eigenvalue weighted by atomic mass is 32.2. The predicted octanol–water partition coefficient (Wildman–Crippen LogP) is 7.44. The van der Waals surface area contributed by atoms with Crippen molar-refractivity contribution in [3.8, 4) is 0 Å². The first-order valence-electron chi connectivity index (χ1n) is 17.0. The molecular formula is C39H48N6O6S3. The molecule has 288 valence electrons. The van der Waals surface area contributed by atoms with Gasteiger partial charge in [-0.3, -0.25) is 19.7 Å². The number of nitrogens with two attached hydrogens (primary N) is 2. The van der Waals surface area contributed by atoms with Gasteiger partial charge in [-0.1, -0.05) is 12.1 Å². The first-order chi connectivity index (χ1) is 25.5. The molecule has 0 amide bonds. The molecule has 3 aromatic carbocycles. The third-order valence-corrected chi connectivity index (χ3v) is 12.3. The van der Waals surface area contributed by atoms with E-state index in [1.807, 2.05) is 39.5 Å². The summed E-state index contributed by atoms with van der Waals surface area (Å²) in [7, 11) is 5.85. The van der Waals surface area contributed by atoms with E-state index in [1.54, 1.807) is 41.2 Å². The number of thioether (sulfide) groups is 3. The summed E-state index contributed by atoms with van der Waals surface area (Å²) in [6, 6.07) is 16.1. The van der Waals surface area contributed by atoms with E-state index in [4.69, 9.17) is 21.7 Å². The summed E-state index contributed by atoms with van der Waals surface area (Å²) in [6.07, 6.45) is 6.52. The maximum Gasteiger partial charge on any atom is 0.320 e. The van der Waals surface area contributed by atoms with E-state index in [-0.39, 0.29) is 12.1 Å². The number of carboxylic acid groups (broad SMARTS) is 2. The highest BCUT2D eigenvalue weighted by molar-refractivity contribution is 7.99. The zero-order chi connectivity index (χ0) is 40.2. The van der Waals surface area contributed by atoms with Gasteiger partial charge in [0.15, 0.2) is 0 Å². The van der Waals surface area contributed by atoms with Crippen molar-refractivity contribution in [3.05, 3.63) is 92.9 Å². The summed E-state index contributed by atoms with van der Waals surface area (Å²) in [5.74, 6) is -2.05. The molecule has 2 atom stereocenters. The number of nitro groups is 1. The summed E-state index contributed by atoms with van der Waals surface area (Å²) >= 11 is 4.94. The maximum atomic E-state index is 11.3. The van der Waals surface area contributed by atoms with Crippen molar-refractivity contribution in [2.45, 2.75) is 60.4 Å². The molecule has 6 aromatic rings. The quantitative estimate of drug-likeness (QED) is 0.0614. The fourth-order valence-electron chi connectivity index (χ4n) is 6.66. The maximum absolute atomic E-state index is 11.3. The predicted molar refractivity (Wildman–Crippen MR) is 224 cm³/mol. The second-order valence-corrected chi connectivity index (χ2v) is 15.4. The van der Waals surface area contributed by atoms with Crippen LogP contribution in [0.3, 0.4) is 0 Å². The van der Waals surface area contributed by atoms with E-state index in [1.165, 1.54) is 39.3 Å². The molecule has 6 N–H and O–H groups in total.